The summed E-state index contributed by atoms with van der Waals surface area (Å²) in [6.45, 7) is 9.53. The van der Waals surface area contributed by atoms with Gasteiger partial charge in [0.1, 0.15) is 5.75 Å². The lowest BCUT2D eigenvalue weighted by molar-refractivity contribution is 0.243. The molecular weight excluding hydrogens is 210 g/mol. The summed E-state index contributed by atoms with van der Waals surface area (Å²) in [6, 6.07) is 8.26. The maximum absolute atomic E-state index is 5.96. The lowest BCUT2D eigenvalue weighted by Gasteiger charge is -2.18. The first kappa shape index (κ1) is 14.0. The average Bonchev–Trinajstić information content (AvgIpc) is 2.27. The van der Waals surface area contributed by atoms with E-state index in [0.29, 0.717) is 5.41 Å². The molecule has 0 radical (unpaired) electrons. The van der Waals surface area contributed by atoms with E-state index in [1.54, 1.807) is 0 Å². The topological polar surface area (TPSA) is 35.2 Å². The highest BCUT2D eigenvalue weighted by atomic mass is 16.5. The number of nitrogens with two attached hydrogens (primary N) is 1. The van der Waals surface area contributed by atoms with Crippen molar-refractivity contribution in [1.29, 1.82) is 0 Å². The first-order valence-electron chi connectivity index (χ1n) is 6.41. The van der Waals surface area contributed by atoms with E-state index < -0.39 is 0 Å². The van der Waals surface area contributed by atoms with Gasteiger partial charge in [-0.2, -0.15) is 0 Å². The Morgan fingerprint density at radius 2 is 1.76 bits per heavy atom. The van der Waals surface area contributed by atoms with Gasteiger partial charge in [-0.15, -0.1) is 0 Å². The van der Waals surface area contributed by atoms with E-state index in [1.807, 2.05) is 12.1 Å². The molecule has 0 aliphatic heterocycles. The van der Waals surface area contributed by atoms with Gasteiger partial charge < -0.3 is 10.5 Å². The van der Waals surface area contributed by atoms with Gasteiger partial charge in [-0.25, -0.2) is 0 Å². The van der Waals surface area contributed by atoms with Crippen LogP contribution in [0.5, 0.6) is 5.75 Å². The summed E-state index contributed by atoms with van der Waals surface area (Å²) in [6.07, 6.45) is 2.02. The van der Waals surface area contributed by atoms with Gasteiger partial charge in [0.15, 0.2) is 0 Å². The Balaban J connectivity index is 2.46. The van der Waals surface area contributed by atoms with Crippen molar-refractivity contribution in [3.8, 4) is 5.75 Å². The molecule has 0 amide bonds. The average molecular weight is 235 g/mol. The number of benzene rings is 1. The van der Waals surface area contributed by atoms with Gasteiger partial charge in [0.25, 0.3) is 0 Å². The SMILES string of the molecule is CC[C@H](N)c1ccc(OCCC(C)(C)C)cc1. The molecule has 2 heteroatoms. The van der Waals surface area contributed by atoms with Crippen LogP contribution in [0.1, 0.15) is 52.1 Å². The van der Waals surface area contributed by atoms with Gasteiger partial charge in [0.2, 0.25) is 0 Å². The van der Waals surface area contributed by atoms with E-state index >= 15 is 0 Å². The number of ether oxygens (including phenoxy) is 1. The van der Waals surface area contributed by atoms with Gasteiger partial charge >= 0.3 is 0 Å². The van der Waals surface area contributed by atoms with E-state index in [2.05, 4.69) is 39.8 Å². The molecule has 2 N–H and O–H groups in total. The molecular formula is C15H25NO. The molecule has 0 saturated carbocycles. The zero-order valence-corrected chi connectivity index (χ0v) is 11.5. The highest BCUT2D eigenvalue weighted by Crippen LogP contribution is 2.21. The zero-order chi connectivity index (χ0) is 12.9. The Morgan fingerprint density at radius 1 is 1.18 bits per heavy atom. The Bertz CT molecular complexity index is 324. The molecule has 0 aliphatic carbocycles. The molecule has 2 nitrogen and oxygen atoms in total. The molecule has 1 rings (SSSR count). The molecule has 0 bridgehead atoms. The predicted molar refractivity (Wildman–Crippen MR) is 73.2 cm³/mol. The summed E-state index contributed by atoms with van der Waals surface area (Å²) in [5, 5.41) is 0. The summed E-state index contributed by atoms with van der Waals surface area (Å²) >= 11 is 0. The third-order valence-electron chi connectivity index (χ3n) is 2.87. The molecule has 96 valence electrons. The molecule has 1 atom stereocenters. The Kier molecular flexibility index (Phi) is 5.01. The maximum atomic E-state index is 5.96. The van der Waals surface area contributed by atoms with Crippen LogP contribution in [-0.4, -0.2) is 6.61 Å². The van der Waals surface area contributed by atoms with E-state index in [4.69, 9.17) is 10.5 Å². The summed E-state index contributed by atoms with van der Waals surface area (Å²) in [5.74, 6) is 0.932. The third-order valence-corrected chi connectivity index (χ3v) is 2.87. The Labute approximate surface area is 105 Å². The summed E-state index contributed by atoms with van der Waals surface area (Å²) in [7, 11) is 0. The normalized spacial score (nSPS) is 13.5. The fourth-order valence-corrected chi connectivity index (χ4v) is 1.52. The number of hydrogen-bond acceptors (Lipinski definition) is 2. The van der Waals surface area contributed by atoms with E-state index in [-0.39, 0.29) is 6.04 Å². The van der Waals surface area contributed by atoms with Crippen molar-refractivity contribution >= 4 is 0 Å². The van der Waals surface area contributed by atoms with Crippen LogP contribution in [-0.2, 0) is 0 Å². The first-order chi connectivity index (χ1) is 7.92. The molecule has 0 unspecified atom stereocenters. The minimum Gasteiger partial charge on any atom is -0.494 e. The molecule has 0 aromatic heterocycles. The lowest BCUT2D eigenvalue weighted by atomic mass is 9.93. The zero-order valence-electron chi connectivity index (χ0n) is 11.5. The first-order valence-corrected chi connectivity index (χ1v) is 6.41. The molecule has 1 aromatic carbocycles. The van der Waals surface area contributed by atoms with Crippen LogP contribution >= 0.6 is 0 Å². The van der Waals surface area contributed by atoms with Crippen molar-refractivity contribution in [2.75, 3.05) is 6.61 Å². The van der Waals surface area contributed by atoms with Crippen LogP contribution in [0.25, 0.3) is 0 Å². The van der Waals surface area contributed by atoms with Gasteiger partial charge in [-0.3, -0.25) is 0 Å². The Hall–Kier alpha value is -1.02. The molecule has 17 heavy (non-hydrogen) atoms. The van der Waals surface area contributed by atoms with Crippen molar-refractivity contribution in [2.45, 2.75) is 46.6 Å². The van der Waals surface area contributed by atoms with E-state index in [1.165, 1.54) is 5.56 Å². The van der Waals surface area contributed by atoms with Crippen molar-refractivity contribution in [3.05, 3.63) is 29.8 Å². The van der Waals surface area contributed by atoms with Crippen LogP contribution < -0.4 is 10.5 Å². The molecule has 0 aliphatic rings. The smallest absolute Gasteiger partial charge is 0.119 e. The quantitative estimate of drug-likeness (QED) is 0.839. The number of hydrogen-bond donors (Lipinski definition) is 1. The van der Waals surface area contributed by atoms with Crippen LogP contribution in [0.4, 0.5) is 0 Å². The van der Waals surface area contributed by atoms with Gasteiger partial charge in [0.05, 0.1) is 6.61 Å². The van der Waals surface area contributed by atoms with Crippen molar-refractivity contribution < 1.29 is 4.74 Å². The summed E-state index contributed by atoms with van der Waals surface area (Å²) in [5.41, 5.74) is 7.46. The molecule has 0 fully saturated rings. The van der Waals surface area contributed by atoms with Gasteiger partial charge in [0, 0.05) is 6.04 Å². The number of rotatable bonds is 5. The predicted octanol–water partition coefficient (Wildman–Crippen LogP) is 3.91. The van der Waals surface area contributed by atoms with Gasteiger partial charge in [-0.1, -0.05) is 39.8 Å². The van der Waals surface area contributed by atoms with Crippen LogP contribution in [0.3, 0.4) is 0 Å². The standard InChI is InChI=1S/C15H25NO/c1-5-14(16)12-6-8-13(9-7-12)17-11-10-15(2,3)4/h6-9,14H,5,10-11,16H2,1-4H3/t14-/m0/s1. The van der Waals surface area contributed by atoms with Crippen molar-refractivity contribution in [3.63, 3.8) is 0 Å². The second kappa shape index (κ2) is 6.06. The van der Waals surface area contributed by atoms with Crippen LogP contribution in [0.2, 0.25) is 0 Å². The third kappa shape index (κ3) is 5.22. The van der Waals surface area contributed by atoms with Crippen molar-refractivity contribution in [1.82, 2.24) is 0 Å². The fraction of sp³-hybridized carbons (Fsp3) is 0.600. The highest BCUT2D eigenvalue weighted by molar-refractivity contribution is 5.28. The second-order valence-electron chi connectivity index (χ2n) is 5.74. The minimum absolute atomic E-state index is 0.138. The van der Waals surface area contributed by atoms with Gasteiger partial charge in [-0.05, 0) is 36.0 Å². The molecule has 1 aromatic rings. The van der Waals surface area contributed by atoms with Crippen LogP contribution in [0.15, 0.2) is 24.3 Å². The second-order valence-corrected chi connectivity index (χ2v) is 5.74. The minimum atomic E-state index is 0.138. The summed E-state index contributed by atoms with van der Waals surface area (Å²) < 4.78 is 5.71. The van der Waals surface area contributed by atoms with E-state index in [0.717, 1.165) is 25.2 Å². The molecule has 0 saturated heterocycles. The summed E-state index contributed by atoms with van der Waals surface area (Å²) in [4.78, 5) is 0. The Morgan fingerprint density at radius 3 is 2.24 bits per heavy atom. The molecule has 0 heterocycles. The molecule has 0 spiro atoms. The van der Waals surface area contributed by atoms with Crippen LogP contribution in [0, 0.1) is 5.41 Å². The largest absolute Gasteiger partial charge is 0.494 e. The lowest BCUT2D eigenvalue weighted by Crippen LogP contribution is -2.11. The van der Waals surface area contributed by atoms with E-state index in [9.17, 15) is 0 Å². The maximum Gasteiger partial charge on any atom is 0.119 e. The highest BCUT2D eigenvalue weighted by Gasteiger charge is 2.10. The van der Waals surface area contributed by atoms with Crippen molar-refractivity contribution in [2.24, 2.45) is 11.1 Å². The monoisotopic (exact) mass is 235 g/mol. The fourth-order valence-electron chi connectivity index (χ4n) is 1.52.